The van der Waals surface area contributed by atoms with Crippen LogP contribution < -0.4 is 11.1 Å². The highest BCUT2D eigenvalue weighted by Crippen LogP contribution is 2.25. The standard InChI is InChI=1S/C12H15N3O2S/c1-7(5-13)14-11(16)9-6-18-12(15-9)10-4-3-8(2)17-10/h3-4,6-7H,5,13H2,1-2H3,(H,14,16)/t7-/m0/s1. The maximum Gasteiger partial charge on any atom is 0.271 e. The van der Waals surface area contributed by atoms with Gasteiger partial charge in [0.05, 0.1) is 0 Å². The normalized spacial score (nSPS) is 12.4. The van der Waals surface area contributed by atoms with Crippen molar-refractivity contribution in [1.82, 2.24) is 10.3 Å². The average Bonchev–Trinajstić information content (AvgIpc) is 2.96. The van der Waals surface area contributed by atoms with Gasteiger partial charge in [0.1, 0.15) is 11.5 Å². The summed E-state index contributed by atoms with van der Waals surface area (Å²) < 4.78 is 5.46. The van der Waals surface area contributed by atoms with E-state index in [-0.39, 0.29) is 11.9 Å². The number of carbonyl (C=O) groups excluding carboxylic acids is 1. The van der Waals surface area contributed by atoms with E-state index in [0.29, 0.717) is 23.0 Å². The molecule has 0 radical (unpaired) electrons. The zero-order chi connectivity index (χ0) is 13.1. The summed E-state index contributed by atoms with van der Waals surface area (Å²) in [6.07, 6.45) is 0. The van der Waals surface area contributed by atoms with Crippen LogP contribution >= 0.6 is 11.3 Å². The molecule has 0 fully saturated rings. The van der Waals surface area contributed by atoms with Gasteiger partial charge in [-0.1, -0.05) is 0 Å². The van der Waals surface area contributed by atoms with Gasteiger partial charge >= 0.3 is 0 Å². The first-order chi connectivity index (χ1) is 8.60. The summed E-state index contributed by atoms with van der Waals surface area (Å²) in [5.41, 5.74) is 5.84. The molecule has 0 unspecified atom stereocenters. The summed E-state index contributed by atoms with van der Waals surface area (Å²) in [7, 11) is 0. The summed E-state index contributed by atoms with van der Waals surface area (Å²) in [5, 5.41) is 5.18. The molecule has 2 aromatic heterocycles. The molecular formula is C12H15N3O2S. The van der Waals surface area contributed by atoms with Gasteiger partial charge in [-0.05, 0) is 26.0 Å². The molecule has 3 N–H and O–H groups in total. The number of aromatic nitrogens is 1. The lowest BCUT2D eigenvalue weighted by Gasteiger charge is -2.09. The predicted octanol–water partition coefficient (Wildman–Crippen LogP) is 1.79. The monoisotopic (exact) mass is 265 g/mol. The quantitative estimate of drug-likeness (QED) is 0.883. The average molecular weight is 265 g/mol. The van der Waals surface area contributed by atoms with Crippen molar-refractivity contribution in [2.24, 2.45) is 5.73 Å². The Morgan fingerprint density at radius 2 is 2.39 bits per heavy atom. The van der Waals surface area contributed by atoms with Crippen LogP contribution in [0.15, 0.2) is 21.9 Å². The lowest BCUT2D eigenvalue weighted by atomic mass is 10.3. The van der Waals surface area contributed by atoms with Crippen molar-refractivity contribution in [2.75, 3.05) is 6.54 Å². The lowest BCUT2D eigenvalue weighted by Crippen LogP contribution is -2.37. The second-order valence-corrected chi connectivity index (χ2v) is 4.92. The maximum atomic E-state index is 11.8. The molecule has 1 atom stereocenters. The molecular weight excluding hydrogens is 250 g/mol. The van der Waals surface area contributed by atoms with Gasteiger partial charge in [-0.15, -0.1) is 11.3 Å². The highest BCUT2D eigenvalue weighted by atomic mass is 32.1. The molecule has 0 aliphatic carbocycles. The summed E-state index contributed by atoms with van der Waals surface area (Å²) in [5.74, 6) is 1.30. The van der Waals surface area contributed by atoms with Crippen LogP contribution in [0.25, 0.3) is 10.8 Å². The molecule has 2 rings (SSSR count). The van der Waals surface area contributed by atoms with Crippen LogP contribution in [-0.4, -0.2) is 23.5 Å². The fraction of sp³-hybridized carbons (Fsp3) is 0.333. The lowest BCUT2D eigenvalue weighted by molar-refractivity contribution is 0.0937. The van der Waals surface area contributed by atoms with Crippen molar-refractivity contribution in [2.45, 2.75) is 19.9 Å². The Labute approximate surface area is 109 Å². The maximum absolute atomic E-state index is 11.8. The Hall–Kier alpha value is -1.66. The Balaban J connectivity index is 2.13. The van der Waals surface area contributed by atoms with Gasteiger partial charge in [-0.25, -0.2) is 4.98 Å². The van der Waals surface area contributed by atoms with Gasteiger partial charge in [0.2, 0.25) is 0 Å². The van der Waals surface area contributed by atoms with Crippen molar-refractivity contribution in [3.63, 3.8) is 0 Å². The number of nitrogens with two attached hydrogens (primary N) is 1. The van der Waals surface area contributed by atoms with Gasteiger partial charge in [-0.2, -0.15) is 0 Å². The second-order valence-electron chi connectivity index (χ2n) is 4.06. The van der Waals surface area contributed by atoms with Crippen LogP contribution in [0, 0.1) is 6.92 Å². The molecule has 0 bridgehead atoms. The number of rotatable bonds is 4. The third kappa shape index (κ3) is 2.77. The summed E-state index contributed by atoms with van der Waals surface area (Å²) in [6, 6.07) is 3.65. The van der Waals surface area contributed by atoms with Crippen molar-refractivity contribution in [1.29, 1.82) is 0 Å². The van der Waals surface area contributed by atoms with Gasteiger partial charge in [0.15, 0.2) is 10.8 Å². The first-order valence-corrected chi connectivity index (χ1v) is 6.51. The number of amides is 1. The number of hydrogen-bond acceptors (Lipinski definition) is 5. The van der Waals surface area contributed by atoms with Gasteiger partial charge in [0, 0.05) is 18.0 Å². The minimum absolute atomic E-state index is 0.0616. The Bertz CT molecular complexity index is 547. The van der Waals surface area contributed by atoms with Gasteiger partial charge in [0.25, 0.3) is 5.91 Å². The van der Waals surface area contributed by atoms with Crippen LogP contribution in [0.2, 0.25) is 0 Å². The zero-order valence-electron chi connectivity index (χ0n) is 10.3. The fourth-order valence-corrected chi connectivity index (χ4v) is 2.16. The third-order valence-electron chi connectivity index (χ3n) is 2.42. The number of nitrogens with zero attached hydrogens (tertiary/aromatic N) is 1. The van der Waals surface area contributed by atoms with Crippen molar-refractivity contribution in [3.8, 4) is 10.8 Å². The fourth-order valence-electron chi connectivity index (χ4n) is 1.40. The van der Waals surface area contributed by atoms with Crippen molar-refractivity contribution < 1.29 is 9.21 Å². The smallest absolute Gasteiger partial charge is 0.271 e. The third-order valence-corrected chi connectivity index (χ3v) is 3.28. The Morgan fingerprint density at radius 1 is 1.61 bits per heavy atom. The molecule has 0 saturated heterocycles. The minimum Gasteiger partial charge on any atom is -0.459 e. The van der Waals surface area contributed by atoms with E-state index in [9.17, 15) is 4.79 Å². The molecule has 6 heteroatoms. The van der Waals surface area contributed by atoms with Crippen LogP contribution in [0.4, 0.5) is 0 Å². The van der Waals surface area contributed by atoms with E-state index in [2.05, 4.69) is 10.3 Å². The predicted molar refractivity (Wildman–Crippen MR) is 70.5 cm³/mol. The molecule has 5 nitrogen and oxygen atoms in total. The molecule has 0 spiro atoms. The summed E-state index contributed by atoms with van der Waals surface area (Å²) >= 11 is 1.38. The van der Waals surface area contributed by atoms with E-state index in [1.807, 2.05) is 26.0 Å². The molecule has 1 amide bonds. The molecule has 2 heterocycles. The first-order valence-electron chi connectivity index (χ1n) is 5.63. The van der Waals surface area contributed by atoms with Gasteiger partial charge < -0.3 is 15.5 Å². The second kappa shape index (κ2) is 5.32. The highest BCUT2D eigenvalue weighted by Gasteiger charge is 2.14. The zero-order valence-corrected chi connectivity index (χ0v) is 11.1. The number of furan rings is 1. The van der Waals surface area contributed by atoms with E-state index in [4.69, 9.17) is 10.2 Å². The molecule has 0 aliphatic heterocycles. The van der Waals surface area contributed by atoms with E-state index < -0.39 is 0 Å². The highest BCUT2D eigenvalue weighted by molar-refractivity contribution is 7.13. The van der Waals surface area contributed by atoms with Crippen LogP contribution in [0.1, 0.15) is 23.2 Å². The molecule has 0 aromatic carbocycles. The Morgan fingerprint density at radius 3 is 3.00 bits per heavy atom. The summed E-state index contributed by atoms with van der Waals surface area (Å²) in [4.78, 5) is 16.1. The first kappa shape index (κ1) is 12.8. The SMILES string of the molecule is Cc1ccc(-c2nc(C(=O)N[C@@H](C)CN)cs2)o1. The van der Waals surface area contributed by atoms with Crippen LogP contribution in [0.3, 0.4) is 0 Å². The number of nitrogens with one attached hydrogen (secondary N) is 1. The number of thiazole rings is 1. The van der Waals surface area contributed by atoms with Crippen LogP contribution in [0.5, 0.6) is 0 Å². The van der Waals surface area contributed by atoms with E-state index in [0.717, 1.165) is 5.76 Å². The largest absolute Gasteiger partial charge is 0.459 e. The molecule has 96 valence electrons. The van der Waals surface area contributed by atoms with Crippen LogP contribution in [-0.2, 0) is 0 Å². The number of hydrogen-bond donors (Lipinski definition) is 2. The van der Waals surface area contributed by atoms with E-state index in [1.54, 1.807) is 5.38 Å². The minimum atomic E-state index is -0.210. The van der Waals surface area contributed by atoms with Crippen molar-refractivity contribution in [3.05, 3.63) is 29.0 Å². The topological polar surface area (TPSA) is 81.2 Å². The Kier molecular flexibility index (Phi) is 3.78. The van der Waals surface area contributed by atoms with E-state index >= 15 is 0 Å². The molecule has 0 aliphatic rings. The molecule has 2 aromatic rings. The molecule has 0 saturated carbocycles. The molecule has 18 heavy (non-hydrogen) atoms. The number of aryl methyl sites for hydroxylation is 1. The van der Waals surface area contributed by atoms with E-state index in [1.165, 1.54) is 11.3 Å². The number of carbonyl (C=O) groups is 1. The summed E-state index contributed by atoms with van der Waals surface area (Å²) in [6.45, 7) is 4.12. The van der Waals surface area contributed by atoms with Gasteiger partial charge in [-0.3, -0.25) is 4.79 Å². The van der Waals surface area contributed by atoms with Crippen molar-refractivity contribution >= 4 is 17.2 Å².